The molecule has 0 spiro atoms. The Hall–Kier alpha value is -2.26. The maximum atomic E-state index is 13.6. The minimum Gasteiger partial charge on any atom is -0.491 e. The SMILES string of the molecule is C=CCCC(O)CN(CCOC)CC(=O)N1CCc2sccc2C1COc1cccc(F)c1. The molecule has 8 heteroatoms. The zero-order chi connectivity index (χ0) is 23.6. The Balaban J connectivity index is 1.70. The van der Waals surface area contributed by atoms with E-state index in [1.807, 2.05) is 21.2 Å². The molecule has 1 N–H and O–H groups in total. The molecule has 0 saturated carbocycles. The predicted molar refractivity (Wildman–Crippen MR) is 128 cm³/mol. The Morgan fingerprint density at radius 2 is 2.30 bits per heavy atom. The number of hydrogen-bond acceptors (Lipinski definition) is 6. The normalized spacial score (nSPS) is 16.5. The first-order chi connectivity index (χ1) is 16.0. The molecule has 2 atom stereocenters. The standard InChI is InChI=1S/C25H33FN2O4S/c1-3-4-7-20(29)16-27(12-13-31-2)17-25(30)28-11-9-24-22(10-14-33-24)23(28)18-32-21-8-5-6-19(26)15-21/h3,5-6,8,10,14-15,20,23,29H,1,4,7,9,11-13,16-18H2,2H3. The highest BCUT2D eigenvalue weighted by Gasteiger charge is 2.33. The fourth-order valence-corrected chi connectivity index (χ4v) is 4.97. The lowest BCUT2D eigenvalue weighted by Gasteiger charge is -2.37. The Morgan fingerprint density at radius 3 is 3.06 bits per heavy atom. The van der Waals surface area contributed by atoms with Crippen LogP contribution in [0.25, 0.3) is 0 Å². The van der Waals surface area contributed by atoms with Crippen molar-refractivity contribution in [1.29, 1.82) is 0 Å². The molecule has 180 valence electrons. The van der Waals surface area contributed by atoms with Gasteiger partial charge in [-0.1, -0.05) is 12.1 Å². The Kier molecular flexibility index (Phi) is 9.87. The number of methoxy groups -OCH3 is 1. The van der Waals surface area contributed by atoms with Gasteiger partial charge in [-0.25, -0.2) is 4.39 Å². The third-order valence-electron chi connectivity index (χ3n) is 5.76. The van der Waals surface area contributed by atoms with Gasteiger partial charge in [0.1, 0.15) is 18.2 Å². The second-order valence-electron chi connectivity index (χ2n) is 8.17. The third-order valence-corrected chi connectivity index (χ3v) is 6.76. The number of benzene rings is 1. The van der Waals surface area contributed by atoms with Crippen LogP contribution in [0, 0.1) is 5.82 Å². The predicted octanol–water partition coefficient (Wildman–Crippen LogP) is 3.67. The van der Waals surface area contributed by atoms with Crippen molar-refractivity contribution in [2.24, 2.45) is 0 Å². The largest absolute Gasteiger partial charge is 0.491 e. The Morgan fingerprint density at radius 1 is 1.45 bits per heavy atom. The number of aliphatic hydroxyl groups is 1. The molecule has 0 saturated heterocycles. The molecule has 1 aliphatic heterocycles. The average molecular weight is 477 g/mol. The number of nitrogens with zero attached hydrogens (tertiary/aromatic N) is 2. The van der Waals surface area contributed by atoms with Crippen LogP contribution in [-0.4, -0.2) is 73.4 Å². The summed E-state index contributed by atoms with van der Waals surface area (Å²) in [4.78, 5) is 18.5. The molecule has 2 heterocycles. The summed E-state index contributed by atoms with van der Waals surface area (Å²) in [6.07, 6.45) is 3.37. The van der Waals surface area contributed by atoms with Crippen molar-refractivity contribution in [3.63, 3.8) is 0 Å². The third kappa shape index (κ3) is 7.37. The minimum absolute atomic E-state index is 0.0216. The van der Waals surface area contributed by atoms with Crippen LogP contribution in [0.15, 0.2) is 48.4 Å². The fourth-order valence-electron chi connectivity index (χ4n) is 4.04. The summed E-state index contributed by atoms with van der Waals surface area (Å²) < 4.78 is 24.7. The molecule has 33 heavy (non-hydrogen) atoms. The smallest absolute Gasteiger partial charge is 0.237 e. The summed E-state index contributed by atoms with van der Waals surface area (Å²) in [5.41, 5.74) is 1.09. The summed E-state index contributed by atoms with van der Waals surface area (Å²) in [6.45, 7) is 6.15. The van der Waals surface area contributed by atoms with Gasteiger partial charge in [0.25, 0.3) is 0 Å². The molecule has 0 aliphatic carbocycles. The maximum absolute atomic E-state index is 13.6. The quantitative estimate of drug-likeness (QED) is 0.447. The topological polar surface area (TPSA) is 62.2 Å². The first-order valence-electron chi connectivity index (χ1n) is 11.3. The lowest BCUT2D eigenvalue weighted by molar-refractivity contribution is -0.136. The van der Waals surface area contributed by atoms with Crippen molar-refractivity contribution < 1.29 is 23.8 Å². The van der Waals surface area contributed by atoms with Gasteiger partial charge in [0, 0.05) is 37.7 Å². The molecular formula is C25H33FN2O4S. The number of carbonyl (C=O) groups is 1. The number of thiophene rings is 1. The molecule has 1 amide bonds. The van der Waals surface area contributed by atoms with E-state index < -0.39 is 6.10 Å². The van der Waals surface area contributed by atoms with Crippen LogP contribution in [0.1, 0.15) is 29.3 Å². The van der Waals surface area contributed by atoms with E-state index in [1.165, 1.54) is 17.0 Å². The summed E-state index contributed by atoms with van der Waals surface area (Å²) in [7, 11) is 1.62. The van der Waals surface area contributed by atoms with Crippen LogP contribution in [0.4, 0.5) is 4.39 Å². The lowest BCUT2D eigenvalue weighted by atomic mass is 10.0. The molecule has 2 aromatic rings. The van der Waals surface area contributed by atoms with Crippen LogP contribution in [0.2, 0.25) is 0 Å². The number of hydrogen-bond donors (Lipinski definition) is 1. The van der Waals surface area contributed by atoms with E-state index in [0.29, 0.717) is 38.4 Å². The van der Waals surface area contributed by atoms with Crippen molar-refractivity contribution in [2.75, 3.05) is 46.5 Å². The van der Waals surface area contributed by atoms with Crippen LogP contribution in [0.3, 0.4) is 0 Å². The van der Waals surface area contributed by atoms with Gasteiger partial charge in [-0.15, -0.1) is 17.9 Å². The van der Waals surface area contributed by atoms with E-state index in [1.54, 1.807) is 36.7 Å². The molecule has 3 rings (SSSR count). The first kappa shape index (κ1) is 25.4. The minimum atomic E-state index is -0.537. The lowest BCUT2D eigenvalue weighted by Crippen LogP contribution is -2.48. The molecule has 6 nitrogen and oxygen atoms in total. The first-order valence-corrected chi connectivity index (χ1v) is 12.1. The molecule has 0 radical (unpaired) electrons. The summed E-state index contributed by atoms with van der Waals surface area (Å²) >= 11 is 1.69. The summed E-state index contributed by atoms with van der Waals surface area (Å²) in [6, 6.07) is 7.84. The average Bonchev–Trinajstić information content (AvgIpc) is 3.28. The van der Waals surface area contributed by atoms with Crippen molar-refractivity contribution >= 4 is 17.2 Å². The van der Waals surface area contributed by atoms with Crippen LogP contribution in [0.5, 0.6) is 5.75 Å². The monoisotopic (exact) mass is 476 g/mol. The Bertz CT molecular complexity index is 906. The van der Waals surface area contributed by atoms with E-state index in [2.05, 4.69) is 6.58 Å². The highest BCUT2D eigenvalue weighted by atomic mass is 32.1. The molecular weight excluding hydrogens is 443 g/mol. The molecule has 0 fully saturated rings. The van der Waals surface area contributed by atoms with Crippen molar-refractivity contribution in [3.8, 4) is 5.75 Å². The highest BCUT2D eigenvalue weighted by Crippen LogP contribution is 2.34. The van der Waals surface area contributed by atoms with Gasteiger partial charge in [0.05, 0.1) is 25.3 Å². The van der Waals surface area contributed by atoms with Gasteiger partial charge in [-0.05, 0) is 48.4 Å². The molecule has 1 aromatic heterocycles. The van der Waals surface area contributed by atoms with E-state index >= 15 is 0 Å². The number of rotatable bonds is 13. The van der Waals surface area contributed by atoms with E-state index in [4.69, 9.17) is 9.47 Å². The zero-order valence-corrected chi connectivity index (χ0v) is 19.9. The van der Waals surface area contributed by atoms with Gasteiger partial charge in [0.2, 0.25) is 5.91 Å². The van der Waals surface area contributed by atoms with Crippen LogP contribution < -0.4 is 4.74 Å². The van der Waals surface area contributed by atoms with Gasteiger partial charge >= 0.3 is 0 Å². The van der Waals surface area contributed by atoms with Gasteiger partial charge in [-0.3, -0.25) is 9.69 Å². The van der Waals surface area contributed by atoms with E-state index in [0.717, 1.165) is 18.4 Å². The number of fused-ring (bicyclic) bond motifs is 1. The van der Waals surface area contributed by atoms with Gasteiger partial charge < -0.3 is 19.5 Å². The number of halogens is 1. The fraction of sp³-hybridized carbons (Fsp3) is 0.480. The van der Waals surface area contributed by atoms with E-state index in [-0.39, 0.29) is 30.9 Å². The van der Waals surface area contributed by atoms with Crippen molar-refractivity contribution in [3.05, 3.63) is 64.6 Å². The second-order valence-corrected chi connectivity index (χ2v) is 9.17. The Labute approximate surface area is 199 Å². The number of amides is 1. The number of allylic oxidation sites excluding steroid dienone is 1. The molecule has 2 unspecified atom stereocenters. The van der Waals surface area contributed by atoms with Crippen molar-refractivity contribution in [2.45, 2.75) is 31.4 Å². The number of aliphatic hydroxyl groups excluding tert-OH is 1. The van der Waals surface area contributed by atoms with Crippen LogP contribution >= 0.6 is 11.3 Å². The second kappa shape index (κ2) is 12.8. The number of ether oxygens (including phenoxy) is 2. The number of carbonyl (C=O) groups excluding carboxylic acids is 1. The molecule has 1 aliphatic rings. The summed E-state index contributed by atoms with van der Waals surface area (Å²) in [5.74, 6) is 0.0626. The van der Waals surface area contributed by atoms with Gasteiger partial charge in [0.15, 0.2) is 0 Å². The summed E-state index contributed by atoms with van der Waals surface area (Å²) in [5, 5.41) is 12.4. The van der Waals surface area contributed by atoms with Crippen LogP contribution in [-0.2, 0) is 16.0 Å². The maximum Gasteiger partial charge on any atom is 0.237 e. The highest BCUT2D eigenvalue weighted by molar-refractivity contribution is 7.10. The van der Waals surface area contributed by atoms with Gasteiger partial charge in [-0.2, -0.15) is 0 Å². The zero-order valence-electron chi connectivity index (χ0n) is 19.1. The van der Waals surface area contributed by atoms with E-state index in [9.17, 15) is 14.3 Å². The molecule has 0 bridgehead atoms. The molecule has 1 aromatic carbocycles. The van der Waals surface area contributed by atoms with Crippen molar-refractivity contribution in [1.82, 2.24) is 9.80 Å².